The monoisotopic (exact) mass is 379 g/mol. The first-order valence-corrected chi connectivity index (χ1v) is 10.1. The van der Waals surface area contributed by atoms with Crippen molar-refractivity contribution in [2.24, 2.45) is 0 Å². The van der Waals surface area contributed by atoms with Gasteiger partial charge in [-0.25, -0.2) is 0 Å². The van der Waals surface area contributed by atoms with Gasteiger partial charge in [0, 0.05) is 50.0 Å². The van der Waals surface area contributed by atoms with Crippen LogP contribution in [0.25, 0.3) is 0 Å². The van der Waals surface area contributed by atoms with Crippen LogP contribution in [0.5, 0.6) is 0 Å². The number of likely N-dealkylation sites (N-methyl/N-ethyl adjacent to an activating group) is 1. The first-order chi connectivity index (χ1) is 12.4. The Hall–Kier alpha value is -1.44. The number of hydrogen-bond acceptors (Lipinski definition) is 5. The van der Waals surface area contributed by atoms with Crippen molar-refractivity contribution in [3.05, 3.63) is 21.9 Å². The van der Waals surface area contributed by atoms with E-state index in [1.807, 2.05) is 11.3 Å². The Bertz CT molecular complexity index is 650. The largest absolute Gasteiger partial charge is 0.373 e. The van der Waals surface area contributed by atoms with Gasteiger partial charge >= 0.3 is 0 Å². The van der Waals surface area contributed by atoms with Crippen LogP contribution in [0.4, 0.5) is 0 Å². The number of carbonyl (C=O) groups is 2. The smallest absolute Gasteiger partial charge is 0.241 e. The lowest BCUT2D eigenvalue weighted by Crippen LogP contribution is -2.47. The van der Waals surface area contributed by atoms with Crippen molar-refractivity contribution in [1.82, 2.24) is 14.7 Å². The zero-order chi connectivity index (χ0) is 18.7. The van der Waals surface area contributed by atoms with E-state index in [4.69, 9.17) is 4.74 Å². The van der Waals surface area contributed by atoms with Crippen LogP contribution in [0.2, 0.25) is 0 Å². The molecular formula is C19H29N3O3S. The van der Waals surface area contributed by atoms with Crippen molar-refractivity contribution >= 4 is 23.2 Å². The average molecular weight is 380 g/mol. The molecule has 0 saturated carbocycles. The molecule has 3 heterocycles. The van der Waals surface area contributed by atoms with Crippen LogP contribution in [0.1, 0.15) is 29.0 Å². The minimum Gasteiger partial charge on any atom is -0.373 e. The van der Waals surface area contributed by atoms with Crippen molar-refractivity contribution in [2.75, 3.05) is 46.9 Å². The highest BCUT2D eigenvalue weighted by atomic mass is 32.1. The van der Waals surface area contributed by atoms with Crippen LogP contribution in [0.3, 0.4) is 0 Å². The predicted octanol–water partition coefficient (Wildman–Crippen LogP) is 1.73. The molecule has 7 heteroatoms. The molecule has 0 aromatic carbocycles. The summed E-state index contributed by atoms with van der Waals surface area (Å²) >= 11 is 1.85. The molecule has 0 N–H and O–H groups in total. The molecule has 0 radical (unpaired) electrons. The maximum Gasteiger partial charge on any atom is 0.241 e. The molecule has 2 amide bonds. The topological polar surface area (TPSA) is 53.1 Å². The van der Waals surface area contributed by atoms with Gasteiger partial charge in [-0.15, -0.1) is 11.3 Å². The Morgan fingerprint density at radius 3 is 2.62 bits per heavy atom. The van der Waals surface area contributed by atoms with Gasteiger partial charge < -0.3 is 14.5 Å². The number of carbonyl (C=O) groups excluding carboxylic acids is 2. The van der Waals surface area contributed by atoms with Crippen molar-refractivity contribution in [3.8, 4) is 0 Å². The number of aryl methyl sites for hydroxylation is 1. The molecule has 2 aliphatic rings. The number of piperidine rings is 1. The fourth-order valence-corrected chi connectivity index (χ4v) is 4.57. The van der Waals surface area contributed by atoms with Crippen LogP contribution in [0.15, 0.2) is 12.1 Å². The molecule has 0 atom stereocenters. The number of rotatable bonds is 4. The second kappa shape index (κ2) is 8.06. The molecule has 1 aromatic heterocycles. The molecule has 2 fully saturated rings. The highest BCUT2D eigenvalue weighted by Crippen LogP contribution is 2.33. The molecule has 0 unspecified atom stereocenters. The SMILES string of the molecule is Cc1ccc(CN2CCC3(CC2)CC(=O)N(CC(=O)N(C)C)CCO3)s1. The van der Waals surface area contributed by atoms with Crippen LogP contribution in [-0.4, -0.2) is 79.0 Å². The summed E-state index contributed by atoms with van der Waals surface area (Å²) in [7, 11) is 3.43. The molecule has 6 nitrogen and oxygen atoms in total. The molecular weight excluding hydrogens is 350 g/mol. The van der Waals surface area contributed by atoms with Gasteiger partial charge in [0.1, 0.15) is 0 Å². The first-order valence-electron chi connectivity index (χ1n) is 9.26. The normalized spacial score (nSPS) is 21.0. The molecule has 2 saturated heterocycles. The first kappa shape index (κ1) is 19.3. The van der Waals surface area contributed by atoms with E-state index in [1.165, 1.54) is 14.7 Å². The van der Waals surface area contributed by atoms with Gasteiger partial charge in [0.05, 0.1) is 25.2 Å². The Morgan fingerprint density at radius 1 is 1.27 bits per heavy atom. The molecule has 0 bridgehead atoms. The zero-order valence-corrected chi connectivity index (χ0v) is 16.8. The van der Waals surface area contributed by atoms with Crippen LogP contribution >= 0.6 is 11.3 Å². The zero-order valence-electron chi connectivity index (χ0n) is 16.0. The van der Waals surface area contributed by atoms with Gasteiger partial charge in [-0.05, 0) is 31.9 Å². The van der Waals surface area contributed by atoms with E-state index in [-0.39, 0.29) is 24.0 Å². The second-order valence-electron chi connectivity index (χ2n) is 7.60. The lowest BCUT2D eigenvalue weighted by atomic mass is 9.87. The van der Waals surface area contributed by atoms with E-state index < -0.39 is 0 Å². The summed E-state index contributed by atoms with van der Waals surface area (Å²) in [4.78, 5) is 33.0. The second-order valence-corrected chi connectivity index (χ2v) is 8.97. The van der Waals surface area contributed by atoms with Gasteiger partial charge in [-0.3, -0.25) is 14.5 Å². The summed E-state index contributed by atoms with van der Waals surface area (Å²) in [5.41, 5.74) is -0.352. The summed E-state index contributed by atoms with van der Waals surface area (Å²) in [6.07, 6.45) is 2.14. The number of nitrogens with zero attached hydrogens (tertiary/aromatic N) is 3. The molecule has 3 rings (SSSR count). The third-order valence-electron chi connectivity index (χ3n) is 5.36. The van der Waals surface area contributed by atoms with E-state index in [1.54, 1.807) is 19.0 Å². The predicted molar refractivity (Wildman–Crippen MR) is 102 cm³/mol. The third-order valence-corrected chi connectivity index (χ3v) is 6.35. The molecule has 26 heavy (non-hydrogen) atoms. The molecule has 0 aliphatic carbocycles. The van der Waals surface area contributed by atoms with Crippen LogP contribution in [-0.2, 0) is 20.9 Å². The lowest BCUT2D eigenvalue weighted by molar-refractivity contribution is -0.140. The maximum atomic E-state index is 12.7. The highest BCUT2D eigenvalue weighted by Gasteiger charge is 2.40. The van der Waals surface area contributed by atoms with Gasteiger partial charge in [-0.1, -0.05) is 0 Å². The Labute approximate surface area is 159 Å². The quantitative estimate of drug-likeness (QED) is 0.800. The van der Waals surface area contributed by atoms with Gasteiger partial charge in [-0.2, -0.15) is 0 Å². The maximum absolute atomic E-state index is 12.7. The van der Waals surface area contributed by atoms with E-state index >= 15 is 0 Å². The lowest BCUT2D eigenvalue weighted by Gasteiger charge is -2.40. The number of hydrogen-bond donors (Lipinski definition) is 0. The molecule has 1 aromatic rings. The Kier molecular flexibility index (Phi) is 5.99. The summed E-state index contributed by atoms with van der Waals surface area (Å²) in [5, 5.41) is 0. The summed E-state index contributed by atoms with van der Waals surface area (Å²) < 4.78 is 6.17. The van der Waals surface area contributed by atoms with E-state index in [0.29, 0.717) is 19.6 Å². The minimum absolute atomic E-state index is 0.0417. The van der Waals surface area contributed by atoms with Gasteiger partial charge in [0.25, 0.3) is 0 Å². The van der Waals surface area contributed by atoms with E-state index in [0.717, 1.165) is 32.5 Å². The highest BCUT2D eigenvalue weighted by molar-refractivity contribution is 7.11. The average Bonchev–Trinajstić information content (AvgIpc) is 2.94. The van der Waals surface area contributed by atoms with Crippen LogP contribution in [0, 0.1) is 6.92 Å². The fourth-order valence-electron chi connectivity index (χ4n) is 3.64. The molecule has 2 aliphatic heterocycles. The molecule has 1 spiro atoms. The van der Waals surface area contributed by atoms with Crippen molar-refractivity contribution in [1.29, 1.82) is 0 Å². The van der Waals surface area contributed by atoms with E-state index in [9.17, 15) is 9.59 Å². The van der Waals surface area contributed by atoms with E-state index in [2.05, 4.69) is 24.0 Å². The van der Waals surface area contributed by atoms with Crippen molar-refractivity contribution < 1.29 is 14.3 Å². The summed E-state index contributed by atoms with van der Waals surface area (Å²) in [5.74, 6) is -0.00427. The number of likely N-dealkylation sites (tertiary alicyclic amines) is 1. The van der Waals surface area contributed by atoms with Crippen molar-refractivity contribution in [3.63, 3.8) is 0 Å². The van der Waals surface area contributed by atoms with Gasteiger partial charge in [0.15, 0.2) is 0 Å². The summed E-state index contributed by atoms with van der Waals surface area (Å²) in [6, 6.07) is 4.37. The third kappa shape index (κ3) is 4.64. The number of amides is 2. The van der Waals surface area contributed by atoms with Gasteiger partial charge in [0.2, 0.25) is 11.8 Å². The fraction of sp³-hybridized carbons (Fsp3) is 0.684. The number of thiophene rings is 1. The van der Waals surface area contributed by atoms with Crippen molar-refractivity contribution in [2.45, 2.75) is 38.3 Å². The Balaban J connectivity index is 1.55. The molecule has 144 valence electrons. The summed E-state index contributed by atoms with van der Waals surface area (Å²) in [6.45, 7) is 6.16. The van der Waals surface area contributed by atoms with Crippen LogP contribution < -0.4 is 0 Å². The standard InChI is InChI=1S/C19H29N3O3S/c1-15-4-5-16(26-15)13-21-8-6-19(7-9-21)12-17(23)22(10-11-25-19)14-18(24)20(2)3/h4-5H,6-14H2,1-3H3. The minimum atomic E-state index is -0.352. The Morgan fingerprint density at radius 2 is 2.00 bits per heavy atom. The number of ether oxygens (including phenoxy) is 1.